The molecule has 7 nitrogen and oxygen atoms in total. The molecule has 0 fully saturated rings. The van der Waals surface area contributed by atoms with E-state index in [1.165, 1.54) is 16.6 Å². The number of thioether (sulfide) groups is 1. The van der Waals surface area contributed by atoms with Crippen molar-refractivity contribution in [2.45, 2.75) is 44.2 Å². The SMILES string of the molecule is CCOC(=O)CSc1nnc2n(-c3ccccc3)c(=O)c3c4c(sc3n12)CCC[C@H]4C. The van der Waals surface area contributed by atoms with Crippen LogP contribution >= 0.6 is 23.1 Å². The first-order valence-electron chi connectivity index (χ1n) is 10.4. The highest BCUT2D eigenvalue weighted by Crippen LogP contribution is 2.41. The number of aryl methyl sites for hydroxylation is 1. The number of thiophene rings is 1. The third kappa shape index (κ3) is 3.36. The van der Waals surface area contributed by atoms with Gasteiger partial charge in [-0.3, -0.25) is 9.59 Å². The molecule has 0 N–H and O–H groups in total. The molecule has 1 aliphatic carbocycles. The first kappa shape index (κ1) is 20.3. The maximum atomic E-state index is 13.8. The Morgan fingerprint density at radius 3 is 2.87 bits per heavy atom. The van der Waals surface area contributed by atoms with E-state index in [-0.39, 0.29) is 17.3 Å². The topological polar surface area (TPSA) is 78.5 Å². The maximum absolute atomic E-state index is 13.8. The number of fused-ring (bicyclic) bond motifs is 5. The maximum Gasteiger partial charge on any atom is 0.316 e. The highest BCUT2D eigenvalue weighted by molar-refractivity contribution is 7.99. The van der Waals surface area contributed by atoms with Crippen LogP contribution in [0.25, 0.3) is 21.7 Å². The largest absolute Gasteiger partial charge is 0.465 e. The Hall–Kier alpha value is -2.65. The summed E-state index contributed by atoms with van der Waals surface area (Å²) in [7, 11) is 0. The summed E-state index contributed by atoms with van der Waals surface area (Å²) in [5.41, 5.74) is 1.85. The molecule has 1 aromatic carbocycles. The van der Waals surface area contributed by atoms with E-state index >= 15 is 0 Å². The van der Waals surface area contributed by atoms with Crippen molar-refractivity contribution in [2.24, 2.45) is 0 Å². The van der Waals surface area contributed by atoms with Crippen LogP contribution in [0, 0.1) is 0 Å². The molecule has 3 aromatic heterocycles. The monoisotopic (exact) mass is 454 g/mol. The number of nitrogens with zero attached hydrogens (tertiary/aromatic N) is 4. The van der Waals surface area contributed by atoms with Crippen molar-refractivity contribution in [1.82, 2.24) is 19.2 Å². The van der Waals surface area contributed by atoms with Gasteiger partial charge in [-0.1, -0.05) is 36.9 Å². The Bertz CT molecular complexity index is 1340. The normalized spacial score (nSPS) is 16.0. The quantitative estimate of drug-likeness (QED) is 0.332. The van der Waals surface area contributed by atoms with E-state index in [9.17, 15) is 9.59 Å². The van der Waals surface area contributed by atoms with Crippen LogP contribution in [0.15, 0.2) is 40.3 Å². The molecule has 1 aliphatic rings. The van der Waals surface area contributed by atoms with Crippen molar-refractivity contribution in [1.29, 1.82) is 0 Å². The molecule has 160 valence electrons. The number of hydrogen-bond acceptors (Lipinski definition) is 7. The van der Waals surface area contributed by atoms with Crippen molar-refractivity contribution in [3.05, 3.63) is 51.1 Å². The molecule has 1 atom stereocenters. The van der Waals surface area contributed by atoms with E-state index in [4.69, 9.17) is 4.74 Å². The Morgan fingerprint density at radius 1 is 1.29 bits per heavy atom. The van der Waals surface area contributed by atoms with Gasteiger partial charge in [0, 0.05) is 4.88 Å². The van der Waals surface area contributed by atoms with Crippen LogP contribution in [0.5, 0.6) is 0 Å². The van der Waals surface area contributed by atoms with Crippen molar-refractivity contribution >= 4 is 45.1 Å². The lowest BCUT2D eigenvalue weighted by molar-refractivity contribution is -0.139. The Balaban J connectivity index is 1.80. The molecule has 9 heteroatoms. The summed E-state index contributed by atoms with van der Waals surface area (Å²) in [6.45, 7) is 4.32. The number of esters is 1. The molecular formula is C22H22N4O3S2. The lowest BCUT2D eigenvalue weighted by Gasteiger charge is -2.18. The summed E-state index contributed by atoms with van der Waals surface area (Å²) in [4.78, 5) is 27.9. The van der Waals surface area contributed by atoms with Crippen molar-refractivity contribution in [3.8, 4) is 5.69 Å². The minimum absolute atomic E-state index is 0.0608. The molecule has 0 amide bonds. The zero-order chi connectivity index (χ0) is 21.5. The smallest absolute Gasteiger partial charge is 0.316 e. The fourth-order valence-corrected chi connectivity index (χ4v) is 6.52. The molecule has 0 radical (unpaired) electrons. The summed E-state index contributed by atoms with van der Waals surface area (Å²) < 4.78 is 8.63. The predicted octanol–water partition coefficient (Wildman–Crippen LogP) is 4.19. The van der Waals surface area contributed by atoms with Gasteiger partial charge in [-0.05, 0) is 49.8 Å². The van der Waals surface area contributed by atoms with Gasteiger partial charge in [-0.25, -0.2) is 8.97 Å². The lowest BCUT2D eigenvalue weighted by Crippen LogP contribution is -2.22. The minimum Gasteiger partial charge on any atom is -0.465 e. The third-order valence-electron chi connectivity index (χ3n) is 5.61. The van der Waals surface area contributed by atoms with Crippen molar-refractivity contribution in [3.63, 3.8) is 0 Å². The van der Waals surface area contributed by atoms with Crippen LogP contribution in [0.2, 0.25) is 0 Å². The molecule has 0 bridgehead atoms. The van der Waals surface area contributed by atoms with Crippen LogP contribution in [-0.4, -0.2) is 37.5 Å². The third-order valence-corrected chi connectivity index (χ3v) is 7.77. The summed E-state index contributed by atoms with van der Waals surface area (Å²) in [5, 5.41) is 10.0. The molecule has 0 spiro atoms. The fourth-order valence-electron chi connectivity index (χ4n) is 4.28. The van der Waals surface area contributed by atoms with Gasteiger partial charge >= 0.3 is 5.97 Å². The number of carbonyl (C=O) groups is 1. The molecular weight excluding hydrogens is 432 g/mol. The number of hydrogen-bond donors (Lipinski definition) is 0. The molecule has 0 saturated heterocycles. The van der Waals surface area contributed by atoms with Gasteiger partial charge in [0.15, 0.2) is 5.16 Å². The number of aromatic nitrogens is 4. The van der Waals surface area contributed by atoms with Crippen molar-refractivity contribution in [2.75, 3.05) is 12.4 Å². The van der Waals surface area contributed by atoms with E-state index in [0.29, 0.717) is 23.5 Å². The van der Waals surface area contributed by atoms with E-state index in [1.54, 1.807) is 22.8 Å². The Morgan fingerprint density at radius 2 is 2.10 bits per heavy atom. The number of rotatable bonds is 5. The second kappa shape index (κ2) is 8.12. The summed E-state index contributed by atoms with van der Waals surface area (Å²) in [5.74, 6) is 0.638. The van der Waals surface area contributed by atoms with E-state index in [0.717, 1.165) is 40.7 Å². The highest BCUT2D eigenvalue weighted by atomic mass is 32.2. The Labute approximate surface area is 187 Å². The van der Waals surface area contributed by atoms with Crippen molar-refractivity contribution < 1.29 is 9.53 Å². The van der Waals surface area contributed by atoms with Crippen LogP contribution in [0.1, 0.15) is 43.0 Å². The summed E-state index contributed by atoms with van der Waals surface area (Å²) >= 11 is 2.94. The first-order chi connectivity index (χ1) is 15.1. The average molecular weight is 455 g/mol. The fraction of sp³-hybridized carbons (Fsp3) is 0.364. The zero-order valence-electron chi connectivity index (χ0n) is 17.3. The lowest BCUT2D eigenvalue weighted by atomic mass is 9.88. The second-order valence-electron chi connectivity index (χ2n) is 7.60. The van der Waals surface area contributed by atoms with E-state index < -0.39 is 0 Å². The standard InChI is InChI=1S/C22H22N4O3S2/c1-3-29-16(27)12-30-22-24-23-21-25(14-9-5-4-6-10-14)19(28)18-17-13(2)8-7-11-15(17)31-20(18)26(21)22/h4-6,9-10,13H,3,7-8,11-12H2,1-2H3/t13-/m1/s1. The molecule has 0 aliphatic heterocycles. The van der Waals surface area contributed by atoms with Gasteiger partial charge in [0.2, 0.25) is 5.78 Å². The average Bonchev–Trinajstić information content (AvgIpc) is 3.36. The molecule has 3 heterocycles. The summed E-state index contributed by atoms with van der Waals surface area (Å²) in [6.07, 6.45) is 3.19. The van der Waals surface area contributed by atoms with Gasteiger partial charge in [-0.2, -0.15) is 0 Å². The molecule has 0 saturated carbocycles. The van der Waals surface area contributed by atoms with Gasteiger partial charge in [0.1, 0.15) is 4.83 Å². The number of benzene rings is 1. The van der Waals surface area contributed by atoms with Crippen LogP contribution in [-0.2, 0) is 16.0 Å². The summed E-state index contributed by atoms with van der Waals surface area (Å²) in [6, 6.07) is 9.52. The zero-order valence-corrected chi connectivity index (χ0v) is 19.0. The number of ether oxygens (including phenoxy) is 1. The number of para-hydroxylation sites is 1. The van der Waals surface area contributed by atoms with E-state index in [2.05, 4.69) is 17.1 Å². The molecule has 0 unspecified atom stereocenters. The minimum atomic E-state index is -0.295. The molecule has 31 heavy (non-hydrogen) atoms. The van der Waals surface area contributed by atoms with E-state index in [1.807, 2.05) is 34.7 Å². The van der Waals surface area contributed by atoms with Crippen LogP contribution in [0.4, 0.5) is 0 Å². The number of carbonyl (C=O) groups excluding carboxylic acids is 1. The van der Waals surface area contributed by atoms with Crippen LogP contribution < -0.4 is 5.56 Å². The second-order valence-corrected chi connectivity index (χ2v) is 9.63. The Kier molecular flexibility index (Phi) is 5.31. The highest BCUT2D eigenvalue weighted by Gasteiger charge is 2.28. The predicted molar refractivity (Wildman–Crippen MR) is 123 cm³/mol. The van der Waals surface area contributed by atoms with Crippen LogP contribution in [0.3, 0.4) is 0 Å². The van der Waals surface area contributed by atoms with Gasteiger partial charge in [0.05, 0.1) is 23.4 Å². The molecule has 5 rings (SSSR count). The van der Waals surface area contributed by atoms with Gasteiger partial charge in [0.25, 0.3) is 5.56 Å². The van der Waals surface area contributed by atoms with Gasteiger partial charge < -0.3 is 4.74 Å². The van der Waals surface area contributed by atoms with Gasteiger partial charge in [-0.15, -0.1) is 21.5 Å². The molecule has 4 aromatic rings. The first-order valence-corrected chi connectivity index (χ1v) is 12.2.